The molecule has 5 heteroatoms. The summed E-state index contributed by atoms with van der Waals surface area (Å²) in [4.78, 5) is 18.6. The Hall–Kier alpha value is -2.33. The van der Waals surface area contributed by atoms with Crippen LogP contribution < -0.4 is 0 Å². The summed E-state index contributed by atoms with van der Waals surface area (Å²) in [6.07, 6.45) is 0. The summed E-state index contributed by atoms with van der Waals surface area (Å²) in [5, 5.41) is 0.439. The minimum atomic E-state index is -0.123. The first kappa shape index (κ1) is 16.5. The molecule has 0 N–H and O–H groups in total. The molecular weight excluding hydrogens is 322 g/mol. The molecule has 0 saturated heterocycles. The predicted octanol–water partition coefficient (Wildman–Crippen LogP) is 4.50. The quantitative estimate of drug-likeness (QED) is 0.703. The molecule has 0 saturated carbocycles. The molecule has 0 aliphatic rings. The lowest BCUT2D eigenvalue weighted by atomic mass is 10.1. The van der Waals surface area contributed by atoms with E-state index in [9.17, 15) is 4.79 Å². The van der Waals surface area contributed by atoms with Gasteiger partial charge in [0.15, 0.2) is 0 Å². The second-order valence-electron chi connectivity index (χ2n) is 6.32. The molecule has 4 nitrogen and oxygen atoms in total. The highest BCUT2D eigenvalue weighted by molar-refractivity contribution is 6.34. The largest absolute Gasteiger partial charge is 0.345 e. The van der Waals surface area contributed by atoms with Gasteiger partial charge < -0.3 is 4.90 Å². The fourth-order valence-electron chi connectivity index (χ4n) is 2.76. The van der Waals surface area contributed by atoms with E-state index in [-0.39, 0.29) is 11.8 Å². The number of rotatable bonds is 3. The lowest BCUT2D eigenvalue weighted by molar-refractivity contribution is 0.0828. The van der Waals surface area contributed by atoms with Crippen molar-refractivity contribution in [1.29, 1.82) is 0 Å². The first-order valence-corrected chi connectivity index (χ1v) is 8.27. The molecule has 0 bridgehead atoms. The van der Waals surface area contributed by atoms with E-state index in [2.05, 4.69) is 18.4 Å². The molecule has 2 aromatic carbocycles. The van der Waals surface area contributed by atoms with E-state index >= 15 is 0 Å². The number of nitrogens with zero attached hydrogens (tertiary/aromatic N) is 3. The fraction of sp³-hybridized carbons (Fsp3) is 0.263. The highest BCUT2D eigenvalue weighted by atomic mass is 35.5. The first-order chi connectivity index (χ1) is 11.4. The van der Waals surface area contributed by atoms with Crippen LogP contribution >= 0.6 is 11.6 Å². The zero-order valence-electron chi connectivity index (χ0n) is 14.2. The van der Waals surface area contributed by atoms with Crippen molar-refractivity contribution in [3.8, 4) is 5.69 Å². The van der Waals surface area contributed by atoms with E-state index in [1.165, 1.54) is 4.90 Å². The highest BCUT2D eigenvalue weighted by Gasteiger charge is 2.20. The minimum absolute atomic E-state index is 0.123. The molecule has 124 valence electrons. The van der Waals surface area contributed by atoms with Gasteiger partial charge in [0.1, 0.15) is 5.82 Å². The van der Waals surface area contributed by atoms with Gasteiger partial charge in [-0.05, 0) is 24.3 Å². The van der Waals surface area contributed by atoms with Crippen LogP contribution in [-0.2, 0) is 0 Å². The van der Waals surface area contributed by atoms with E-state index in [1.54, 1.807) is 20.2 Å². The number of aromatic nitrogens is 2. The van der Waals surface area contributed by atoms with Gasteiger partial charge in [0.25, 0.3) is 5.91 Å². The van der Waals surface area contributed by atoms with Crippen LogP contribution in [0.1, 0.15) is 35.9 Å². The van der Waals surface area contributed by atoms with Crippen molar-refractivity contribution in [2.75, 3.05) is 14.1 Å². The predicted molar refractivity (Wildman–Crippen MR) is 98.2 cm³/mol. The molecular formula is C19H20ClN3O. The van der Waals surface area contributed by atoms with Crippen molar-refractivity contribution in [2.45, 2.75) is 19.8 Å². The van der Waals surface area contributed by atoms with Crippen LogP contribution in [0.3, 0.4) is 0 Å². The van der Waals surface area contributed by atoms with Gasteiger partial charge in [-0.3, -0.25) is 9.36 Å². The summed E-state index contributed by atoms with van der Waals surface area (Å²) in [7, 11) is 3.43. The standard InChI is InChI=1S/C19H20ClN3O/c1-12(2)18-21-16-10-14(19(24)22(3)4)15(20)11-17(16)23(18)13-8-6-5-7-9-13/h5-12H,1-4H3. The summed E-state index contributed by atoms with van der Waals surface area (Å²) in [5.41, 5.74) is 3.19. The number of hydrogen-bond donors (Lipinski definition) is 0. The Kier molecular flexibility index (Phi) is 4.33. The Morgan fingerprint density at radius 3 is 2.42 bits per heavy atom. The van der Waals surface area contributed by atoms with E-state index in [0.717, 1.165) is 22.5 Å². The van der Waals surface area contributed by atoms with E-state index in [4.69, 9.17) is 16.6 Å². The molecule has 0 spiro atoms. The van der Waals surface area contributed by atoms with Crippen LogP contribution in [0, 0.1) is 0 Å². The SMILES string of the molecule is CC(C)c1nc2cc(C(=O)N(C)C)c(Cl)cc2n1-c1ccccc1. The summed E-state index contributed by atoms with van der Waals surface area (Å²) < 4.78 is 2.11. The number of carbonyl (C=O) groups excluding carboxylic acids is 1. The van der Waals surface area contributed by atoms with Crippen molar-refractivity contribution in [3.05, 3.63) is 58.9 Å². The van der Waals surface area contributed by atoms with Gasteiger partial charge in [0, 0.05) is 25.7 Å². The lowest BCUT2D eigenvalue weighted by Gasteiger charge is -2.13. The van der Waals surface area contributed by atoms with Gasteiger partial charge in [-0.2, -0.15) is 0 Å². The first-order valence-electron chi connectivity index (χ1n) is 7.89. The van der Waals surface area contributed by atoms with Gasteiger partial charge >= 0.3 is 0 Å². The average molecular weight is 342 g/mol. The number of imidazole rings is 1. The van der Waals surface area contributed by atoms with Gasteiger partial charge in [-0.1, -0.05) is 43.6 Å². The molecule has 3 rings (SSSR count). The van der Waals surface area contributed by atoms with Crippen LogP contribution in [0.2, 0.25) is 5.02 Å². The Labute approximate surface area is 146 Å². The van der Waals surface area contributed by atoms with Crippen molar-refractivity contribution >= 4 is 28.5 Å². The van der Waals surface area contributed by atoms with Crippen LogP contribution in [0.4, 0.5) is 0 Å². The molecule has 0 aliphatic carbocycles. The highest BCUT2D eigenvalue weighted by Crippen LogP contribution is 2.30. The summed E-state index contributed by atoms with van der Waals surface area (Å²) in [6, 6.07) is 13.7. The third kappa shape index (κ3) is 2.78. The normalized spacial score (nSPS) is 11.2. The minimum Gasteiger partial charge on any atom is -0.345 e. The number of carbonyl (C=O) groups is 1. The molecule has 1 heterocycles. The fourth-order valence-corrected chi connectivity index (χ4v) is 3.00. The van der Waals surface area contributed by atoms with Crippen LogP contribution in [-0.4, -0.2) is 34.5 Å². The van der Waals surface area contributed by atoms with Gasteiger partial charge in [-0.25, -0.2) is 4.98 Å². The van der Waals surface area contributed by atoms with E-state index < -0.39 is 0 Å². The number of fused-ring (bicyclic) bond motifs is 1. The molecule has 0 unspecified atom stereocenters. The summed E-state index contributed by atoms with van der Waals surface area (Å²) >= 11 is 6.40. The molecule has 3 aromatic rings. The molecule has 1 amide bonds. The molecule has 1 aromatic heterocycles. The number of hydrogen-bond acceptors (Lipinski definition) is 2. The second-order valence-corrected chi connectivity index (χ2v) is 6.72. The second kappa shape index (κ2) is 6.29. The van der Waals surface area contributed by atoms with E-state index in [0.29, 0.717) is 10.6 Å². The van der Waals surface area contributed by atoms with Crippen LogP contribution in [0.25, 0.3) is 16.7 Å². The van der Waals surface area contributed by atoms with Crippen molar-refractivity contribution < 1.29 is 4.79 Å². The van der Waals surface area contributed by atoms with Crippen LogP contribution in [0.5, 0.6) is 0 Å². The number of benzene rings is 2. The average Bonchev–Trinajstić information content (AvgIpc) is 2.92. The maximum absolute atomic E-state index is 12.3. The smallest absolute Gasteiger partial charge is 0.254 e. The Morgan fingerprint density at radius 1 is 1.17 bits per heavy atom. The summed E-state index contributed by atoms with van der Waals surface area (Å²) in [5.74, 6) is 1.06. The molecule has 0 radical (unpaired) electrons. The van der Waals surface area contributed by atoms with Gasteiger partial charge in [-0.15, -0.1) is 0 Å². The Morgan fingerprint density at radius 2 is 1.83 bits per heavy atom. The molecule has 24 heavy (non-hydrogen) atoms. The third-order valence-electron chi connectivity index (χ3n) is 3.94. The summed E-state index contributed by atoms with van der Waals surface area (Å²) in [6.45, 7) is 4.21. The maximum Gasteiger partial charge on any atom is 0.254 e. The maximum atomic E-state index is 12.3. The number of amides is 1. The number of para-hydroxylation sites is 1. The Bertz CT molecular complexity index is 898. The zero-order valence-corrected chi connectivity index (χ0v) is 15.0. The number of halogens is 1. The van der Waals surface area contributed by atoms with Gasteiger partial charge in [0.2, 0.25) is 0 Å². The third-order valence-corrected chi connectivity index (χ3v) is 4.25. The topological polar surface area (TPSA) is 38.1 Å². The van der Waals surface area contributed by atoms with Crippen molar-refractivity contribution in [3.63, 3.8) is 0 Å². The Balaban J connectivity index is 2.30. The molecule has 0 fully saturated rings. The monoisotopic (exact) mass is 341 g/mol. The zero-order chi connectivity index (χ0) is 17.4. The lowest BCUT2D eigenvalue weighted by Crippen LogP contribution is -2.22. The molecule has 0 aliphatic heterocycles. The van der Waals surface area contributed by atoms with E-state index in [1.807, 2.05) is 36.4 Å². The van der Waals surface area contributed by atoms with Crippen LogP contribution in [0.15, 0.2) is 42.5 Å². The molecule has 0 atom stereocenters. The van der Waals surface area contributed by atoms with Crippen molar-refractivity contribution in [1.82, 2.24) is 14.5 Å². The van der Waals surface area contributed by atoms with Gasteiger partial charge in [0.05, 0.1) is 21.6 Å². The van der Waals surface area contributed by atoms with Crippen molar-refractivity contribution in [2.24, 2.45) is 0 Å².